The monoisotopic (exact) mass is 336 g/mol. The van der Waals surface area contributed by atoms with Crippen LogP contribution in [0.4, 0.5) is 0 Å². The van der Waals surface area contributed by atoms with Crippen LogP contribution in [-0.4, -0.2) is 41.2 Å². The minimum atomic E-state index is -0.0394. The fourth-order valence-corrected chi connectivity index (χ4v) is 3.20. The van der Waals surface area contributed by atoms with E-state index in [0.29, 0.717) is 24.2 Å². The van der Waals surface area contributed by atoms with Crippen molar-refractivity contribution >= 4 is 11.8 Å². The van der Waals surface area contributed by atoms with Crippen LogP contribution in [0.5, 0.6) is 0 Å². The number of hydrogen-bond acceptors (Lipinski definition) is 2. The number of nitrogens with zero attached hydrogens (tertiary/aromatic N) is 2. The Hall–Kier alpha value is -2.62. The normalized spacial score (nSPS) is 13.7. The third-order valence-corrected chi connectivity index (χ3v) is 4.63. The number of rotatable bonds is 5. The SMILES string of the molecule is CCN(Cc1ccccc1)C(=O)c1cccc(C(=O)N2CCCC2)c1. The number of carbonyl (C=O) groups excluding carboxylic acids is 2. The van der Waals surface area contributed by atoms with Crippen molar-refractivity contribution in [3.63, 3.8) is 0 Å². The molecule has 0 radical (unpaired) electrons. The molecule has 0 spiro atoms. The van der Waals surface area contributed by atoms with Crippen molar-refractivity contribution in [2.45, 2.75) is 26.3 Å². The van der Waals surface area contributed by atoms with Gasteiger partial charge in [0.25, 0.3) is 11.8 Å². The van der Waals surface area contributed by atoms with Crippen LogP contribution < -0.4 is 0 Å². The van der Waals surface area contributed by atoms with Gasteiger partial charge in [-0.2, -0.15) is 0 Å². The Balaban J connectivity index is 1.76. The molecule has 0 N–H and O–H groups in total. The van der Waals surface area contributed by atoms with Crippen molar-refractivity contribution in [3.8, 4) is 0 Å². The highest BCUT2D eigenvalue weighted by atomic mass is 16.2. The van der Waals surface area contributed by atoms with E-state index in [1.807, 2.05) is 42.2 Å². The maximum Gasteiger partial charge on any atom is 0.254 e. The maximum atomic E-state index is 12.9. The van der Waals surface area contributed by atoms with Gasteiger partial charge in [-0.1, -0.05) is 36.4 Å². The summed E-state index contributed by atoms with van der Waals surface area (Å²) in [6.45, 7) is 4.79. The first-order chi connectivity index (χ1) is 12.2. The van der Waals surface area contributed by atoms with Crippen LogP contribution in [0.2, 0.25) is 0 Å². The minimum absolute atomic E-state index is 0.0262. The van der Waals surface area contributed by atoms with E-state index in [1.165, 1.54) is 0 Å². The van der Waals surface area contributed by atoms with Crippen molar-refractivity contribution in [1.29, 1.82) is 0 Å². The van der Waals surface area contributed by atoms with E-state index in [4.69, 9.17) is 0 Å². The summed E-state index contributed by atoms with van der Waals surface area (Å²) in [5.74, 6) is -0.0133. The summed E-state index contributed by atoms with van der Waals surface area (Å²) in [5, 5.41) is 0. The summed E-state index contributed by atoms with van der Waals surface area (Å²) >= 11 is 0. The highest BCUT2D eigenvalue weighted by molar-refractivity contribution is 5.99. The molecule has 1 fully saturated rings. The van der Waals surface area contributed by atoms with Gasteiger partial charge in [0.2, 0.25) is 0 Å². The zero-order chi connectivity index (χ0) is 17.6. The van der Waals surface area contributed by atoms with Gasteiger partial charge in [0.15, 0.2) is 0 Å². The molecule has 0 unspecified atom stereocenters. The molecule has 2 aromatic rings. The number of carbonyl (C=O) groups is 2. The molecular weight excluding hydrogens is 312 g/mol. The van der Waals surface area contributed by atoms with Gasteiger partial charge in [0.1, 0.15) is 0 Å². The molecule has 3 rings (SSSR count). The Morgan fingerprint density at radius 1 is 0.960 bits per heavy atom. The van der Waals surface area contributed by atoms with Crippen LogP contribution in [0.1, 0.15) is 46.0 Å². The van der Waals surface area contributed by atoms with Crippen molar-refractivity contribution in [2.24, 2.45) is 0 Å². The predicted molar refractivity (Wildman–Crippen MR) is 98.4 cm³/mol. The highest BCUT2D eigenvalue weighted by Crippen LogP contribution is 2.16. The quantitative estimate of drug-likeness (QED) is 0.837. The molecule has 0 saturated carbocycles. The predicted octanol–water partition coefficient (Wildman–Crippen LogP) is 3.58. The molecule has 4 heteroatoms. The van der Waals surface area contributed by atoms with Gasteiger partial charge in [0, 0.05) is 37.3 Å². The fourth-order valence-electron chi connectivity index (χ4n) is 3.20. The molecule has 1 saturated heterocycles. The summed E-state index contributed by atoms with van der Waals surface area (Å²) in [6.07, 6.45) is 2.12. The molecule has 4 nitrogen and oxygen atoms in total. The van der Waals surface area contributed by atoms with Gasteiger partial charge >= 0.3 is 0 Å². The van der Waals surface area contributed by atoms with Crippen LogP contribution >= 0.6 is 0 Å². The Morgan fingerprint density at radius 2 is 1.64 bits per heavy atom. The van der Waals surface area contributed by atoms with Crippen molar-refractivity contribution in [3.05, 3.63) is 71.3 Å². The standard InChI is InChI=1S/C21H24N2O2/c1-2-22(16-17-9-4-3-5-10-17)20(24)18-11-8-12-19(15-18)21(25)23-13-6-7-14-23/h3-5,8-12,15H,2,6-7,13-14,16H2,1H3. The highest BCUT2D eigenvalue weighted by Gasteiger charge is 2.21. The van der Waals surface area contributed by atoms with Gasteiger partial charge < -0.3 is 9.80 Å². The second-order valence-corrected chi connectivity index (χ2v) is 6.39. The van der Waals surface area contributed by atoms with Crippen LogP contribution in [0.15, 0.2) is 54.6 Å². The summed E-state index contributed by atoms with van der Waals surface area (Å²) < 4.78 is 0. The van der Waals surface area contributed by atoms with Gasteiger partial charge in [-0.05, 0) is 43.5 Å². The topological polar surface area (TPSA) is 40.6 Å². The first kappa shape index (κ1) is 17.2. The molecule has 0 bridgehead atoms. The molecule has 1 heterocycles. The first-order valence-electron chi connectivity index (χ1n) is 8.91. The Morgan fingerprint density at radius 3 is 2.32 bits per heavy atom. The maximum absolute atomic E-state index is 12.9. The third kappa shape index (κ3) is 4.08. The summed E-state index contributed by atoms with van der Waals surface area (Å²) in [6, 6.07) is 17.1. The van der Waals surface area contributed by atoms with E-state index < -0.39 is 0 Å². The van der Waals surface area contributed by atoms with E-state index in [-0.39, 0.29) is 11.8 Å². The van der Waals surface area contributed by atoms with Crippen molar-refractivity contribution in [1.82, 2.24) is 9.80 Å². The molecule has 2 aromatic carbocycles. The van der Waals surface area contributed by atoms with Crippen LogP contribution in [0.3, 0.4) is 0 Å². The van der Waals surface area contributed by atoms with Gasteiger partial charge in [-0.15, -0.1) is 0 Å². The molecule has 25 heavy (non-hydrogen) atoms. The lowest BCUT2D eigenvalue weighted by Gasteiger charge is -2.22. The number of amides is 2. The molecule has 1 aliphatic heterocycles. The zero-order valence-electron chi connectivity index (χ0n) is 14.6. The van der Waals surface area contributed by atoms with Crippen molar-refractivity contribution < 1.29 is 9.59 Å². The molecule has 1 aliphatic rings. The summed E-state index contributed by atoms with van der Waals surface area (Å²) in [5.41, 5.74) is 2.27. The van der Waals surface area contributed by atoms with Gasteiger partial charge in [-0.3, -0.25) is 9.59 Å². The molecule has 130 valence electrons. The molecule has 0 aromatic heterocycles. The fraction of sp³-hybridized carbons (Fsp3) is 0.333. The average molecular weight is 336 g/mol. The van der Waals surface area contributed by atoms with Gasteiger partial charge in [0.05, 0.1) is 0 Å². The second-order valence-electron chi connectivity index (χ2n) is 6.39. The van der Waals surface area contributed by atoms with Crippen molar-refractivity contribution in [2.75, 3.05) is 19.6 Å². The lowest BCUT2D eigenvalue weighted by molar-refractivity contribution is 0.0752. The van der Waals surface area contributed by atoms with E-state index in [2.05, 4.69) is 0 Å². The Kier molecular flexibility index (Phi) is 5.49. The van der Waals surface area contributed by atoms with Crippen LogP contribution in [0, 0.1) is 0 Å². The number of benzene rings is 2. The van der Waals surface area contributed by atoms with E-state index in [0.717, 1.165) is 31.5 Å². The summed E-state index contributed by atoms with van der Waals surface area (Å²) in [4.78, 5) is 29.1. The number of hydrogen-bond donors (Lipinski definition) is 0. The smallest absolute Gasteiger partial charge is 0.254 e. The minimum Gasteiger partial charge on any atom is -0.339 e. The summed E-state index contributed by atoms with van der Waals surface area (Å²) in [7, 11) is 0. The largest absolute Gasteiger partial charge is 0.339 e. The molecule has 2 amide bonds. The van der Waals surface area contributed by atoms with Gasteiger partial charge in [-0.25, -0.2) is 0 Å². The Bertz CT molecular complexity index is 737. The lowest BCUT2D eigenvalue weighted by Crippen LogP contribution is -2.31. The van der Waals surface area contributed by atoms with E-state index in [9.17, 15) is 9.59 Å². The van der Waals surface area contributed by atoms with Crippen LogP contribution in [-0.2, 0) is 6.54 Å². The first-order valence-corrected chi connectivity index (χ1v) is 8.91. The number of likely N-dealkylation sites (tertiary alicyclic amines) is 1. The molecule has 0 atom stereocenters. The van der Waals surface area contributed by atoms with E-state index in [1.54, 1.807) is 29.2 Å². The Labute approximate surface area is 149 Å². The zero-order valence-corrected chi connectivity index (χ0v) is 14.6. The lowest BCUT2D eigenvalue weighted by atomic mass is 10.1. The second kappa shape index (κ2) is 7.97. The third-order valence-electron chi connectivity index (χ3n) is 4.63. The molecule has 0 aliphatic carbocycles. The van der Waals surface area contributed by atoms with Crippen LogP contribution in [0.25, 0.3) is 0 Å². The average Bonchev–Trinajstić information content (AvgIpc) is 3.20. The van der Waals surface area contributed by atoms with E-state index >= 15 is 0 Å². The molecular formula is C21H24N2O2.